The van der Waals surface area contributed by atoms with E-state index in [1.54, 1.807) is 56.9 Å². The fourth-order valence-corrected chi connectivity index (χ4v) is 9.54. The molecule has 0 bridgehead atoms. The van der Waals surface area contributed by atoms with Gasteiger partial charge in [0.1, 0.15) is 24.4 Å². The minimum absolute atomic E-state index is 0.155. The number of fused-ring (bicyclic) bond motifs is 1. The maximum atomic E-state index is 13.7. The molecule has 0 atom stereocenters. The van der Waals surface area contributed by atoms with E-state index in [1.165, 1.54) is 18.5 Å². The second-order valence-electron chi connectivity index (χ2n) is 16.3. The lowest BCUT2D eigenvalue weighted by molar-refractivity contribution is 0.0370. The van der Waals surface area contributed by atoms with E-state index in [0.717, 1.165) is 41.5 Å². The number of carbonyl (C=O) groups excluding carboxylic acids is 1. The van der Waals surface area contributed by atoms with Crippen LogP contribution in [0.5, 0.6) is 23.0 Å². The molecule has 0 aliphatic carbocycles. The Labute approximate surface area is 353 Å². The number of rotatable bonds is 15. The van der Waals surface area contributed by atoms with Crippen molar-refractivity contribution in [2.45, 2.75) is 43.9 Å². The Balaban J connectivity index is 1.18. The molecule has 1 aromatic heterocycles. The van der Waals surface area contributed by atoms with Crippen molar-refractivity contribution >= 4 is 50.6 Å². The van der Waals surface area contributed by atoms with Crippen LogP contribution < -0.4 is 30.1 Å². The second-order valence-corrected chi connectivity index (χ2v) is 21.6. The van der Waals surface area contributed by atoms with Crippen molar-refractivity contribution in [1.82, 2.24) is 14.2 Å². The fourth-order valence-electron chi connectivity index (χ4n) is 7.09. The molecule has 0 unspecified atom stereocenters. The van der Waals surface area contributed by atoms with E-state index in [9.17, 15) is 17.8 Å². The first-order valence-electron chi connectivity index (χ1n) is 19.9. The molecule has 1 aliphatic heterocycles. The highest BCUT2D eigenvalue weighted by Gasteiger charge is 2.27. The summed E-state index contributed by atoms with van der Waals surface area (Å²) in [6.45, 7) is 13.8. The Morgan fingerprint density at radius 1 is 0.900 bits per heavy atom. The normalized spacial score (nSPS) is 13.9. The number of amides is 2. The minimum Gasteiger partial charge on any atom is -0.497 e. The molecule has 15 heteroatoms. The summed E-state index contributed by atoms with van der Waals surface area (Å²) in [6, 6.07) is 23.0. The summed E-state index contributed by atoms with van der Waals surface area (Å²) in [6.07, 6.45) is 2.69. The number of aromatic nitrogens is 1. The van der Waals surface area contributed by atoms with Gasteiger partial charge in [-0.3, -0.25) is 9.88 Å². The lowest BCUT2D eigenvalue weighted by Gasteiger charge is -2.27. The summed E-state index contributed by atoms with van der Waals surface area (Å²) in [7, 11) is -1.92. The van der Waals surface area contributed by atoms with E-state index < -0.39 is 23.2 Å². The number of sulfonamides is 1. The van der Waals surface area contributed by atoms with Gasteiger partial charge < -0.3 is 34.1 Å². The highest BCUT2D eigenvalue weighted by atomic mass is 32.2. The van der Waals surface area contributed by atoms with Gasteiger partial charge in [-0.2, -0.15) is 0 Å². The zero-order chi connectivity index (χ0) is 43.2. The first kappa shape index (κ1) is 44.6. The smallest absolute Gasteiger partial charge is 0.323 e. The van der Waals surface area contributed by atoms with Crippen LogP contribution in [0.1, 0.15) is 44.0 Å². The molecule has 2 amide bonds. The first-order chi connectivity index (χ1) is 28.5. The third-order valence-electron chi connectivity index (χ3n) is 10.4. The molecule has 1 aliphatic rings. The standard InChI is InChI=1S/C45H56N5O8PS/c1-45(2,3)32-27-40(43(56-6)42(28-32)59(7,8)52)48-44(51)47-39-14-15-41(38-13-10-9-12-37(38)39)58-34-16-17-46-33(29-34)24-31-25-35(55-5)30-36(26-31)60(53,54)49(4)18-11-19-50-20-22-57-23-21-50/h9-10,12-17,25-30H,11,18-24H2,1-8H3,(H2,47,48,51). The number of benzene rings is 4. The predicted molar refractivity (Wildman–Crippen MR) is 239 cm³/mol. The summed E-state index contributed by atoms with van der Waals surface area (Å²) >= 11 is 0. The van der Waals surface area contributed by atoms with Crippen LogP contribution in [0.2, 0.25) is 0 Å². The fraction of sp³-hybridized carbons (Fsp3) is 0.378. The highest BCUT2D eigenvalue weighted by Crippen LogP contribution is 2.44. The number of nitrogens with zero attached hydrogens (tertiary/aromatic N) is 3. The predicted octanol–water partition coefficient (Wildman–Crippen LogP) is 8.17. The van der Waals surface area contributed by atoms with Gasteiger partial charge in [0.05, 0.1) is 49.0 Å². The molecular formula is C45H56N5O8PS. The molecule has 1 fully saturated rings. The van der Waals surface area contributed by atoms with Crippen molar-refractivity contribution < 1.29 is 36.7 Å². The highest BCUT2D eigenvalue weighted by molar-refractivity contribution is 7.89. The Kier molecular flexibility index (Phi) is 13.9. The Morgan fingerprint density at radius 2 is 1.62 bits per heavy atom. The molecule has 1 saturated heterocycles. The third kappa shape index (κ3) is 10.8. The summed E-state index contributed by atoms with van der Waals surface area (Å²) in [5.74, 6) is 1.90. The van der Waals surface area contributed by atoms with E-state index in [1.807, 2.05) is 48.5 Å². The quantitative estimate of drug-likeness (QED) is 0.0989. The number of pyridine rings is 1. The Bertz CT molecular complexity index is 2500. The number of morpholine rings is 1. The summed E-state index contributed by atoms with van der Waals surface area (Å²) in [5.41, 5.74) is 3.01. The number of urea groups is 1. The van der Waals surface area contributed by atoms with Crippen LogP contribution in [0.15, 0.2) is 90.0 Å². The van der Waals surface area contributed by atoms with Crippen LogP contribution in [0.25, 0.3) is 10.8 Å². The van der Waals surface area contributed by atoms with Crippen molar-refractivity contribution in [2.75, 3.05) is 84.6 Å². The van der Waals surface area contributed by atoms with Gasteiger partial charge in [-0.25, -0.2) is 17.5 Å². The molecule has 13 nitrogen and oxygen atoms in total. The topological polar surface area (TPSA) is 149 Å². The van der Waals surface area contributed by atoms with Gasteiger partial charge in [0, 0.05) is 67.9 Å². The zero-order valence-electron chi connectivity index (χ0n) is 35.7. The second kappa shape index (κ2) is 18.7. The first-order valence-corrected chi connectivity index (χ1v) is 24.0. The van der Waals surface area contributed by atoms with Crippen LogP contribution in [0.4, 0.5) is 16.2 Å². The van der Waals surface area contributed by atoms with Crippen molar-refractivity contribution in [3.8, 4) is 23.0 Å². The number of methoxy groups -OCH3 is 2. The third-order valence-corrected chi connectivity index (χ3v) is 13.8. The van der Waals surface area contributed by atoms with Crippen LogP contribution in [-0.2, 0) is 31.2 Å². The van der Waals surface area contributed by atoms with Crippen LogP contribution in [-0.4, -0.2) is 103 Å². The number of nitrogens with one attached hydrogen (secondary N) is 2. The molecule has 4 aromatic carbocycles. The van der Waals surface area contributed by atoms with E-state index >= 15 is 0 Å². The van der Waals surface area contributed by atoms with E-state index in [-0.39, 0.29) is 10.3 Å². The molecular weight excluding hydrogens is 802 g/mol. The van der Waals surface area contributed by atoms with Crippen LogP contribution >= 0.6 is 7.14 Å². The van der Waals surface area contributed by atoms with Crippen molar-refractivity contribution in [3.05, 3.63) is 102 Å². The van der Waals surface area contributed by atoms with Gasteiger partial charge in [-0.05, 0) is 85.3 Å². The van der Waals surface area contributed by atoms with Gasteiger partial charge in [-0.1, -0.05) is 45.0 Å². The number of carbonyl (C=O) groups is 1. The number of ether oxygens (including phenoxy) is 4. The summed E-state index contributed by atoms with van der Waals surface area (Å²) in [5, 5.41) is 8.00. The Hall–Kier alpha value is -4.98. The number of anilines is 2. The molecule has 5 aromatic rings. The zero-order valence-corrected chi connectivity index (χ0v) is 37.4. The maximum Gasteiger partial charge on any atom is 0.323 e. The van der Waals surface area contributed by atoms with Gasteiger partial charge in [0.2, 0.25) is 10.0 Å². The summed E-state index contributed by atoms with van der Waals surface area (Å²) in [4.78, 5) is 20.6. The molecule has 60 heavy (non-hydrogen) atoms. The van der Waals surface area contributed by atoms with Crippen molar-refractivity contribution in [3.63, 3.8) is 0 Å². The molecule has 6 rings (SSSR count). The van der Waals surface area contributed by atoms with Gasteiger partial charge in [0.15, 0.2) is 5.75 Å². The molecule has 320 valence electrons. The minimum atomic E-state index is -3.78. The average Bonchev–Trinajstić information content (AvgIpc) is 3.21. The van der Waals surface area contributed by atoms with E-state index in [4.69, 9.17) is 18.9 Å². The molecule has 0 saturated carbocycles. The average molecular weight is 858 g/mol. The molecule has 0 radical (unpaired) electrons. The summed E-state index contributed by atoms with van der Waals surface area (Å²) < 4.78 is 65.2. The van der Waals surface area contributed by atoms with E-state index in [2.05, 4.69) is 41.3 Å². The Morgan fingerprint density at radius 3 is 2.30 bits per heavy atom. The number of hydrogen-bond acceptors (Lipinski definition) is 10. The monoisotopic (exact) mass is 857 g/mol. The maximum absolute atomic E-state index is 13.7. The SMILES string of the molecule is COc1cc(Cc2cc(Oc3ccc(NC(=O)Nc4cc(C(C)(C)C)cc(P(C)(C)=O)c4OC)c4ccccc34)ccn2)cc(S(=O)(=O)N(C)CCCN2CCOCC2)c1. The lowest BCUT2D eigenvalue weighted by atomic mass is 9.86. The lowest BCUT2D eigenvalue weighted by Crippen LogP contribution is -2.38. The van der Waals surface area contributed by atoms with Gasteiger partial charge in [-0.15, -0.1) is 0 Å². The van der Waals surface area contributed by atoms with E-state index in [0.29, 0.717) is 78.0 Å². The molecule has 2 N–H and O–H groups in total. The van der Waals surface area contributed by atoms with Gasteiger partial charge in [0.25, 0.3) is 0 Å². The van der Waals surface area contributed by atoms with Gasteiger partial charge >= 0.3 is 6.03 Å². The molecule has 2 heterocycles. The number of hydrogen-bond donors (Lipinski definition) is 2. The largest absolute Gasteiger partial charge is 0.497 e. The van der Waals surface area contributed by atoms with Crippen LogP contribution in [0, 0.1) is 0 Å². The molecule has 0 spiro atoms. The van der Waals surface area contributed by atoms with Crippen molar-refractivity contribution in [1.29, 1.82) is 0 Å². The van der Waals surface area contributed by atoms with Crippen molar-refractivity contribution in [2.24, 2.45) is 0 Å². The van der Waals surface area contributed by atoms with Crippen LogP contribution in [0.3, 0.4) is 0 Å².